The van der Waals surface area contributed by atoms with Crippen LogP contribution >= 0.6 is 0 Å². The lowest BCUT2D eigenvalue weighted by molar-refractivity contribution is 0.515. The maximum Gasteiger partial charge on any atom is 0.186 e. The Balaban J connectivity index is 2.89. The molecule has 2 aromatic rings. The summed E-state index contributed by atoms with van der Waals surface area (Å²) in [6.45, 7) is 1.59. The van der Waals surface area contributed by atoms with E-state index in [1.54, 1.807) is 6.92 Å². The van der Waals surface area contributed by atoms with Crippen LogP contribution in [-0.2, 0) is 0 Å². The van der Waals surface area contributed by atoms with Crippen molar-refractivity contribution in [3.8, 4) is 0 Å². The summed E-state index contributed by atoms with van der Waals surface area (Å²) in [5.74, 6) is -1.70. The Hall–Kier alpha value is -1.78. The zero-order valence-electron chi connectivity index (χ0n) is 7.38. The van der Waals surface area contributed by atoms with Crippen molar-refractivity contribution < 1.29 is 8.78 Å². The zero-order valence-corrected chi connectivity index (χ0v) is 7.38. The Morgan fingerprint density at radius 1 is 1.21 bits per heavy atom. The third-order valence-electron chi connectivity index (χ3n) is 1.94. The van der Waals surface area contributed by atoms with Gasteiger partial charge in [-0.1, -0.05) is 0 Å². The number of anilines is 1. The highest BCUT2D eigenvalue weighted by atomic mass is 19.2. The van der Waals surface area contributed by atoms with Gasteiger partial charge in [0.2, 0.25) is 0 Å². The fourth-order valence-electron chi connectivity index (χ4n) is 1.16. The summed E-state index contributed by atoms with van der Waals surface area (Å²) in [7, 11) is 0. The molecule has 5 heteroatoms. The Kier molecular flexibility index (Phi) is 1.80. The molecule has 0 atom stereocenters. The number of nitrogens with zero attached hydrogens (tertiary/aromatic N) is 2. The predicted octanol–water partition coefficient (Wildman–Crippen LogP) is 1.80. The Morgan fingerprint density at radius 3 is 2.64 bits per heavy atom. The molecule has 0 fully saturated rings. The minimum absolute atomic E-state index is 0.0864. The lowest BCUT2D eigenvalue weighted by Gasteiger charge is -2.02. The van der Waals surface area contributed by atoms with Crippen LogP contribution in [0.25, 0.3) is 11.0 Å². The molecule has 1 heterocycles. The average molecular weight is 195 g/mol. The summed E-state index contributed by atoms with van der Waals surface area (Å²) in [5.41, 5.74) is 6.05. The molecule has 0 radical (unpaired) electrons. The topological polar surface area (TPSA) is 51.8 Å². The minimum Gasteiger partial charge on any atom is -0.382 e. The number of rotatable bonds is 0. The van der Waals surface area contributed by atoms with E-state index in [1.807, 2.05) is 0 Å². The first-order chi connectivity index (χ1) is 6.59. The van der Waals surface area contributed by atoms with Gasteiger partial charge in [0.05, 0.1) is 11.2 Å². The number of nitrogen functional groups attached to an aromatic ring is 1. The van der Waals surface area contributed by atoms with Crippen molar-refractivity contribution in [2.24, 2.45) is 0 Å². The molecular formula is C9H7F2N3. The first-order valence-electron chi connectivity index (χ1n) is 3.97. The van der Waals surface area contributed by atoms with Gasteiger partial charge in [0.25, 0.3) is 0 Å². The molecule has 2 rings (SSSR count). The third kappa shape index (κ3) is 1.17. The van der Waals surface area contributed by atoms with E-state index in [2.05, 4.69) is 9.97 Å². The highest BCUT2D eigenvalue weighted by Crippen LogP contribution is 2.18. The second-order valence-corrected chi connectivity index (χ2v) is 2.92. The maximum atomic E-state index is 13.2. The van der Waals surface area contributed by atoms with Crippen LogP contribution in [0.3, 0.4) is 0 Å². The largest absolute Gasteiger partial charge is 0.382 e. The van der Waals surface area contributed by atoms with Gasteiger partial charge < -0.3 is 5.73 Å². The quantitative estimate of drug-likeness (QED) is 0.697. The van der Waals surface area contributed by atoms with E-state index in [0.717, 1.165) is 6.07 Å². The van der Waals surface area contributed by atoms with Crippen molar-refractivity contribution in [1.82, 2.24) is 9.97 Å². The summed E-state index contributed by atoms with van der Waals surface area (Å²) >= 11 is 0. The van der Waals surface area contributed by atoms with Crippen LogP contribution in [0.15, 0.2) is 12.1 Å². The lowest BCUT2D eigenvalue weighted by Crippen LogP contribution is -2.00. The third-order valence-corrected chi connectivity index (χ3v) is 1.94. The van der Waals surface area contributed by atoms with E-state index in [-0.39, 0.29) is 16.9 Å². The first kappa shape index (κ1) is 8.80. The van der Waals surface area contributed by atoms with Crippen LogP contribution < -0.4 is 5.73 Å². The monoisotopic (exact) mass is 195 g/mol. The van der Waals surface area contributed by atoms with Gasteiger partial charge in [-0.25, -0.2) is 18.7 Å². The van der Waals surface area contributed by atoms with Crippen LogP contribution in [0.1, 0.15) is 5.69 Å². The highest BCUT2D eigenvalue weighted by molar-refractivity contribution is 5.76. The lowest BCUT2D eigenvalue weighted by atomic mass is 10.2. The Labute approximate surface area is 78.6 Å². The molecule has 1 aromatic heterocycles. The number of hydrogen-bond donors (Lipinski definition) is 1. The molecule has 0 saturated heterocycles. The fourth-order valence-corrected chi connectivity index (χ4v) is 1.16. The van der Waals surface area contributed by atoms with Crippen molar-refractivity contribution in [3.63, 3.8) is 0 Å². The Bertz CT molecular complexity index is 511. The molecule has 1 aromatic carbocycles. The van der Waals surface area contributed by atoms with Crippen molar-refractivity contribution in [2.45, 2.75) is 6.92 Å². The molecule has 0 aliphatic heterocycles. The number of nitrogens with two attached hydrogens (primary N) is 1. The van der Waals surface area contributed by atoms with E-state index in [0.29, 0.717) is 5.69 Å². The zero-order chi connectivity index (χ0) is 10.3. The number of aryl methyl sites for hydroxylation is 1. The molecule has 0 spiro atoms. The summed E-state index contributed by atoms with van der Waals surface area (Å²) < 4.78 is 26.0. The van der Waals surface area contributed by atoms with Crippen molar-refractivity contribution in [2.75, 3.05) is 5.73 Å². The van der Waals surface area contributed by atoms with Crippen molar-refractivity contribution >= 4 is 16.9 Å². The molecule has 0 saturated carbocycles. The molecule has 0 bridgehead atoms. The van der Waals surface area contributed by atoms with Gasteiger partial charge in [0.1, 0.15) is 11.3 Å². The van der Waals surface area contributed by atoms with Crippen molar-refractivity contribution in [3.05, 3.63) is 29.5 Å². The number of fused-ring (bicyclic) bond motifs is 1. The molecule has 3 nitrogen and oxygen atoms in total. The molecule has 0 aliphatic rings. The molecule has 0 aliphatic carbocycles. The summed E-state index contributed by atoms with van der Waals surface area (Å²) in [6.07, 6.45) is 0. The summed E-state index contributed by atoms with van der Waals surface area (Å²) in [5, 5.41) is 0. The Morgan fingerprint density at radius 2 is 1.93 bits per heavy atom. The molecule has 14 heavy (non-hydrogen) atoms. The number of halogens is 2. The van der Waals surface area contributed by atoms with Crippen LogP contribution in [0.2, 0.25) is 0 Å². The number of aromatic nitrogens is 2. The van der Waals surface area contributed by atoms with Crippen LogP contribution in [0, 0.1) is 18.6 Å². The van der Waals surface area contributed by atoms with E-state index < -0.39 is 11.6 Å². The van der Waals surface area contributed by atoms with Gasteiger partial charge in [-0.2, -0.15) is 0 Å². The van der Waals surface area contributed by atoms with E-state index in [1.165, 1.54) is 6.07 Å². The van der Waals surface area contributed by atoms with Crippen molar-refractivity contribution in [1.29, 1.82) is 0 Å². The van der Waals surface area contributed by atoms with Gasteiger partial charge in [-0.15, -0.1) is 0 Å². The van der Waals surface area contributed by atoms with Crippen LogP contribution in [-0.4, -0.2) is 9.97 Å². The van der Waals surface area contributed by atoms with E-state index in [9.17, 15) is 8.78 Å². The first-order valence-corrected chi connectivity index (χ1v) is 3.97. The number of hydrogen-bond acceptors (Lipinski definition) is 3. The summed E-state index contributed by atoms with van der Waals surface area (Å²) in [4.78, 5) is 7.72. The molecule has 2 N–H and O–H groups in total. The number of benzene rings is 1. The second kappa shape index (κ2) is 2.87. The normalized spacial score (nSPS) is 10.8. The van der Waals surface area contributed by atoms with Crippen LogP contribution in [0.5, 0.6) is 0 Å². The van der Waals surface area contributed by atoms with Gasteiger partial charge in [0.15, 0.2) is 11.6 Å². The van der Waals surface area contributed by atoms with Gasteiger partial charge in [-0.3, -0.25) is 0 Å². The van der Waals surface area contributed by atoms with E-state index in [4.69, 9.17) is 5.73 Å². The summed E-state index contributed by atoms with van der Waals surface area (Å²) in [6, 6.07) is 2.34. The fraction of sp³-hybridized carbons (Fsp3) is 0.111. The highest BCUT2D eigenvalue weighted by Gasteiger charge is 2.10. The maximum absolute atomic E-state index is 13.2. The minimum atomic E-state index is -0.988. The van der Waals surface area contributed by atoms with Gasteiger partial charge in [0, 0.05) is 0 Å². The van der Waals surface area contributed by atoms with Crippen LogP contribution in [0.4, 0.5) is 14.6 Å². The second-order valence-electron chi connectivity index (χ2n) is 2.92. The molecular weight excluding hydrogens is 188 g/mol. The molecule has 72 valence electrons. The average Bonchev–Trinajstić information content (AvgIpc) is 2.15. The van der Waals surface area contributed by atoms with Gasteiger partial charge in [-0.05, 0) is 19.1 Å². The predicted molar refractivity (Wildman–Crippen MR) is 48.6 cm³/mol. The standard InChI is InChI=1S/C9H7F2N3/c1-4-9(12)14-6-3-2-5(10)7(11)8(6)13-4/h2-3H,1H3,(H2,12,14). The van der Waals surface area contributed by atoms with E-state index >= 15 is 0 Å². The molecule has 0 unspecified atom stereocenters. The smallest absolute Gasteiger partial charge is 0.186 e. The molecule has 0 amide bonds. The van der Waals surface area contributed by atoms with Gasteiger partial charge >= 0.3 is 0 Å². The SMILES string of the molecule is Cc1nc2c(F)c(F)ccc2nc1N.